The average molecular weight is 283 g/mol. The van der Waals surface area contributed by atoms with Gasteiger partial charge in [0.1, 0.15) is 5.82 Å². The SMILES string of the molecule is Fc1cccc(C=NN2CCN(c3ccccc3)CC2)c1. The Kier molecular flexibility index (Phi) is 4.15. The lowest BCUT2D eigenvalue weighted by Gasteiger charge is -2.34. The lowest BCUT2D eigenvalue weighted by atomic mass is 10.2. The first kappa shape index (κ1) is 13.6. The Labute approximate surface area is 124 Å². The third-order valence-electron chi connectivity index (χ3n) is 3.60. The standard InChI is InChI=1S/C17H18FN3/c18-16-6-4-5-15(13-16)14-19-21-11-9-20(10-12-21)17-7-2-1-3-8-17/h1-8,13-14H,9-12H2. The van der Waals surface area contributed by atoms with Crippen molar-refractivity contribution in [3.8, 4) is 0 Å². The zero-order valence-corrected chi connectivity index (χ0v) is 11.8. The smallest absolute Gasteiger partial charge is 0.123 e. The van der Waals surface area contributed by atoms with Crippen molar-refractivity contribution in [3.05, 3.63) is 66.0 Å². The minimum Gasteiger partial charge on any atom is -0.368 e. The Bertz CT molecular complexity index is 604. The van der Waals surface area contributed by atoms with E-state index in [1.54, 1.807) is 12.3 Å². The van der Waals surface area contributed by atoms with Gasteiger partial charge in [-0.1, -0.05) is 30.3 Å². The summed E-state index contributed by atoms with van der Waals surface area (Å²) in [6.07, 6.45) is 1.72. The van der Waals surface area contributed by atoms with E-state index >= 15 is 0 Å². The molecule has 0 bridgehead atoms. The molecule has 0 aromatic heterocycles. The number of anilines is 1. The van der Waals surface area contributed by atoms with Crippen molar-refractivity contribution in [3.63, 3.8) is 0 Å². The summed E-state index contributed by atoms with van der Waals surface area (Å²) in [5.74, 6) is -0.229. The molecule has 0 unspecified atom stereocenters. The average Bonchev–Trinajstić information content (AvgIpc) is 2.54. The van der Waals surface area contributed by atoms with Gasteiger partial charge in [0.2, 0.25) is 0 Å². The summed E-state index contributed by atoms with van der Waals surface area (Å²) in [6, 6.07) is 16.9. The second kappa shape index (κ2) is 6.39. The number of benzene rings is 2. The molecule has 0 N–H and O–H groups in total. The van der Waals surface area contributed by atoms with Crippen molar-refractivity contribution in [2.45, 2.75) is 0 Å². The van der Waals surface area contributed by atoms with Gasteiger partial charge in [0.25, 0.3) is 0 Å². The first-order valence-electron chi connectivity index (χ1n) is 7.16. The first-order valence-corrected chi connectivity index (χ1v) is 7.16. The predicted octanol–water partition coefficient (Wildman–Crippen LogP) is 2.98. The van der Waals surface area contributed by atoms with Crippen LogP contribution in [0.25, 0.3) is 0 Å². The van der Waals surface area contributed by atoms with E-state index in [0.29, 0.717) is 0 Å². The second-order valence-electron chi connectivity index (χ2n) is 5.08. The van der Waals surface area contributed by atoms with Crippen molar-refractivity contribution in [2.75, 3.05) is 31.1 Å². The van der Waals surface area contributed by atoms with E-state index in [2.05, 4.69) is 34.3 Å². The number of nitrogens with zero attached hydrogens (tertiary/aromatic N) is 3. The van der Waals surface area contributed by atoms with Crippen molar-refractivity contribution in [2.24, 2.45) is 5.10 Å². The maximum atomic E-state index is 13.1. The number of rotatable bonds is 3. The molecule has 0 atom stereocenters. The van der Waals surface area contributed by atoms with Gasteiger partial charge in [-0.05, 0) is 29.8 Å². The molecule has 0 spiro atoms. The molecule has 108 valence electrons. The van der Waals surface area contributed by atoms with E-state index in [-0.39, 0.29) is 5.82 Å². The molecule has 1 fully saturated rings. The van der Waals surface area contributed by atoms with Gasteiger partial charge in [0.15, 0.2) is 0 Å². The van der Waals surface area contributed by atoms with Crippen molar-refractivity contribution in [1.29, 1.82) is 0 Å². The molecule has 3 rings (SSSR count). The van der Waals surface area contributed by atoms with Gasteiger partial charge >= 0.3 is 0 Å². The molecule has 0 amide bonds. The lowest BCUT2D eigenvalue weighted by molar-refractivity contribution is 0.272. The quantitative estimate of drug-likeness (QED) is 0.806. The molecule has 4 heteroatoms. The van der Waals surface area contributed by atoms with Crippen LogP contribution in [0.3, 0.4) is 0 Å². The van der Waals surface area contributed by atoms with Gasteiger partial charge in [-0.3, -0.25) is 5.01 Å². The third kappa shape index (κ3) is 3.60. The topological polar surface area (TPSA) is 18.8 Å². The summed E-state index contributed by atoms with van der Waals surface area (Å²) in [5.41, 5.74) is 2.05. The molecule has 1 aliphatic rings. The Morgan fingerprint density at radius 1 is 0.905 bits per heavy atom. The molecule has 0 radical (unpaired) electrons. The Balaban J connectivity index is 1.56. The van der Waals surface area contributed by atoms with Gasteiger partial charge in [0.05, 0.1) is 19.3 Å². The summed E-state index contributed by atoms with van der Waals surface area (Å²) in [5, 5.41) is 6.47. The summed E-state index contributed by atoms with van der Waals surface area (Å²) in [4.78, 5) is 2.36. The molecule has 1 heterocycles. The molecule has 1 aliphatic heterocycles. The third-order valence-corrected chi connectivity index (χ3v) is 3.60. The first-order chi connectivity index (χ1) is 10.3. The van der Waals surface area contributed by atoms with E-state index in [1.807, 2.05) is 17.1 Å². The molecule has 2 aromatic rings. The van der Waals surface area contributed by atoms with Crippen LogP contribution in [-0.2, 0) is 0 Å². The number of halogens is 1. The van der Waals surface area contributed by atoms with Crippen LogP contribution in [0, 0.1) is 5.82 Å². The predicted molar refractivity (Wildman–Crippen MR) is 84.2 cm³/mol. The highest BCUT2D eigenvalue weighted by Crippen LogP contribution is 2.15. The molecule has 3 nitrogen and oxygen atoms in total. The fourth-order valence-electron chi connectivity index (χ4n) is 2.44. The van der Waals surface area contributed by atoms with E-state index < -0.39 is 0 Å². The summed E-state index contributed by atoms with van der Waals surface area (Å²) >= 11 is 0. The summed E-state index contributed by atoms with van der Waals surface area (Å²) in [6.45, 7) is 3.65. The molecular weight excluding hydrogens is 265 g/mol. The number of hydrogen-bond donors (Lipinski definition) is 0. The maximum absolute atomic E-state index is 13.1. The van der Waals surface area contributed by atoms with Crippen LogP contribution in [-0.4, -0.2) is 37.4 Å². The lowest BCUT2D eigenvalue weighted by Crippen LogP contribution is -2.44. The molecule has 0 saturated carbocycles. The van der Waals surface area contributed by atoms with Crippen LogP contribution in [0.5, 0.6) is 0 Å². The van der Waals surface area contributed by atoms with Crippen LogP contribution >= 0.6 is 0 Å². The van der Waals surface area contributed by atoms with Gasteiger partial charge in [-0.25, -0.2) is 4.39 Å². The second-order valence-corrected chi connectivity index (χ2v) is 5.08. The number of piperazine rings is 1. The Morgan fingerprint density at radius 2 is 1.67 bits per heavy atom. The van der Waals surface area contributed by atoms with Crippen LogP contribution in [0.2, 0.25) is 0 Å². The monoisotopic (exact) mass is 283 g/mol. The highest BCUT2D eigenvalue weighted by molar-refractivity contribution is 5.79. The molecule has 0 aliphatic carbocycles. The Morgan fingerprint density at radius 3 is 2.38 bits per heavy atom. The van der Waals surface area contributed by atoms with Crippen molar-refractivity contribution in [1.82, 2.24) is 5.01 Å². The molecular formula is C17H18FN3. The normalized spacial score (nSPS) is 15.7. The van der Waals surface area contributed by atoms with Gasteiger partial charge < -0.3 is 4.90 Å². The minimum atomic E-state index is -0.229. The zero-order chi connectivity index (χ0) is 14.5. The molecule has 1 saturated heterocycles. The van der Waals surface area contributed by atoms with E-state index in [0.717, 1.165) is 31.7 Å². The number of hydrogen-bond acceptors (Lipinski definition) is 3. The Hall–Kier alpha value is -2.36. The molecule has 2 aromatic carbocycles. The van der Waals surface area contributed by atoms with Crippen molar-refractivity contribution < 1.29 is 4.39 Å². The number of hydrazone groups is 1. The van der Waals surface area contributed by atoms with E-state index in [4.69, 9.17) is 0 Å². The fraction of sp³-hybridized carbons (Fsp3) is 0.235. The fourth-order valence-corrected chi connectivity index (χ4v) is 2.44. The van der Waals surface area contributed by atoms with E-state index in [9.17, 15) is 4.39 Å². The van der Waals surface area contributed by atoms with Crippen LogP contribution in [0.4, 0.5) is 10.1 Å². The van der Waals surface area contributed by atoms with E-state index in [1.165, 1.54) is 17.8 Å². The highest BCUT2D eigenvalue weighted by Gasteiger charge is 2.15. The van der Waals surface area contributed by atoms with Gasteiger partial charge in [0, 0.05) is 18.8 Å². The van der Waals surface area contributed by atoms with Gasteiger partial charge in [-0.2, -0.15) is 5.10 Å². The largest absolute Gasteiger partial charge is 0.368 e. The maximum Gasteiger partial charge on any atom is 0.123 e. The van der Waals surface area contributed by atoms with Crippen LogP contribution in [0.15, 0.2) is 59.7 Å². The zero-order valence-electron chi connectivity index (χ0n) is 11.8. The van der Waals surface area contributed by atoms with Gasteiger partial charge in [-0.15, -0.1) is 0 Å². The summed E-state index contributed by atoms with van der Waals surface area (Å²) in [7, 11) is 0. The molecule has 21 heavy (non-hydrogen) atoms. The highest BCUT2D eigenvalue weighted by atomic mass is 19.1. The minimum absolute atomic E-state index is 0.229. The van der Waals surface area contributed by atoms with Crippen molar-refractivity contribution >= 4 is 11.9 Å². The number of para-hydroxylation sites is 1. The summed E-state index contributed by atoms with van der Waals surface area (Å²) < 4.78 is 13.1. The van der Waals surface area contributed by atoms with Crippen LogP contribution < -0.4 is 4.90 Å². The van der Waals surface area contributed by atoms with Crippen LogP contribution in [0.1, 0.15) is 5.56 Å².